The highest BCUT2D eigenvalue weighted by atomic mass is 32.2. The molecule has 0 saturated carbocycles. The maximum absolute atomic E-state index is 13.3. The average molecular weight is 549 g/mol. The zero-order valence-corrected chi connectivity index (χ0v) is 22.9. The Balaban J connectivity index is 1.81. The van der Waals surface area contributed by atoms with Crippen molar-refractivity contribution in [1.82, 2.24) is 14.7 Å². The number of amides is 1. The van der Waals surface area contributed by atoms with E-state index in [1.165, 1.54) is 38.5 Å². The third kappa shape index (κ3) is 6.10. The van der Waals surface area contributed by atoms with Crippen LogP contribution < -0.4 is 24.7 Å². The maximum atomic E-state index is 13.3. The number of ether oxygens (including phenoxy) is 3. The molecule has 2 aromatic carbocycles. The Morgan fingerprint density at radius 2 is 1.51 bits per heavy atom. The molecule has 4 rings (SSSR count). The number of nitrogen functional groups attached to an aromatic ring is 1. The highest BCUT2D eigenvalue weighted by molar-refractivity contribution is 7.90. The third-order valence-corrected chi connectivity index (χ3v) is 7.04. The Hall–Kier alpha value is -4.64. The van der Waals surface area contributed by atoms with Crippen molar-refractivity contribution in [3.8, 4) is 34.4 Å². The summed E-state index contributed by atoms with van der Waals surface area (Å²) in [6.07, 6.45) is 0. The van der Waals surface area contributed by atoms with E-state index in [0.717, 1.165) is 16.7 Å². The second kappa shape index (κ2) is 11.0. The molecule has 11 heteroatoms. The van der Waals surface area contributed by atoms with Gasteiger partial charge >= 0.3 is 0 Å². The fourth-order valence-electron chi connectivity index (χ4n) is 4.04. The number of rotatable bonds is 8. The summed E-state index contributed by atoms with van der Waals surface area (Å²) in [5.41, 5.74) is 9.30. The number of pyridine rings is 2. The lowest BCUT2D eigenvalue weighted by Crippen LogP contribution is -2.31. The molecule has 1 amide bonds. The van der Waals surface area contributed by atoms with Gasteiger partial charge < -0.3 is 19.9 Å². The van der Waals surface area contributed by atoms with Crippen LogP contribution in [0.25, 0.3) is 11.3 Å². The number of aryl methyl sites for hydroxylation is 3. The molecule has 0 atom stereocenters. The van der Waals surface area contributed by atoms with Crippen molar-refractivity contribution in [2.75, 3.05) is 20.0 Å². The monoisotopic (exact) mass is 548 g/mol. The molecule has 0 radical (unpaired) electrons. The molecule has 0 aliphatic carbocycles. The minimum absolute atomic E-state index is 0.000551. The van der Waals surface area contributed by atoms with E-state index in [-0.39, 0.29) is 17.3 Å². The van der Waals surface area contributed by atoms with Crippen LogP contribution >= 0.6 is 0 Å². The van der Waals surface area contributed by atoms with Crippen molar-refractivity contribution < 1.29 is 27.4 Å². The van der Waals surface area contributed by atoms with Gasteiger partial charge in [0.15, 0.2) is 5.03 Å². The molecule has 3 N–H and O–H groups in total. The quantitative estimate of drug-likeness (QED) is 0.323. The zero-order valence-electron chi connectivity index (χ0n) is 22.1. The van der Waals surface area contributed by atoms with Crippen LogP contribution in [-0.2, 0) is 10.0 Å². The van der Waals surface area contributed by atoms with E-state index in [4.69, 9.17) is 19.9 Å². The largest absolute Gasteiger partial charge is 0.497 e. The maximum Gasteiger partial charge on any atom is 0.281 e. The molecule has 10 nitrogen and oxygen atoms in total. The van der Waals surface area contributed by atoms with Crippen molar-refractivity contribution in [2.45, 2.75) is 25.8 Å². The number of anilines is 1. The SMILES string of the molecule is COc1cc(OC)cc(-c2ccc(C(=O)NS(=O)(=O)c3cccc(N)n3)c(Oc3c(C)cc(C)cc3C)n2)c1. The molecule has 2 heterocycles. The van der Waals surface area contributed by atoms with E-state index >= 15 is 0 Å². The molecular formula is C28H28N4O6S. The molecular weight excluding hydrogens is 520 g/mol. The van der Waals surface area contributed by atoms with Crippen molar-refractivity contribution in [3.63, 3.8) is 0 Å². The molecule has 0 unspecified atom stereocenters. The predicted octanol–water partition coefficient (Wildman–Crippen LogP) is 4.58. The van der Waals surface area contributed by atoms with E-state index in [1.54, 1.807) is 24.3 Å². The van der Waals surface area contributed by atoms with Crippen LogP contribution in [0.4, 0.5) is 5.82 Å². The van der Waals surface area contributed by atoms with Gasteiger partial charge in [-0.3, -0.25) is 4.79 Å². The number of nitrogens with one attached hydrogen (secondary N) is 1. The van der Waals surface area contributed by atoms with Crippen LogP contribution in [-0.4, -0.2) is 38.5 Å². The number of nitrogens with two attached hydrogens (primary N) is 1. The van der Waals surface area contributed by atoms with Crippen LogP contribution in [0.5, 0.6) is 23.1 Å². The molecule has 4 aromatic rings. The number of methoxy groups -OCH3 is 2. The van der Waals surface area contributed by atoms with Crippen LogP contribution in [0, 0.1) is 20.8 Å². The molecule has 0 fully saturated rings. The fraction of sp³-hybridized carbons (Fsp3) is 0.179. The second-order valence-corrected chi connectivity index (χ2v) is 10.4. The topological polar surface area (TPSA) is 143 Å². The Bertz CT molecular complexity index is 1630. The summed E-state index contributed by atoms with van der Waals surface area (Å²) in [5, 5.41) is -0.392. The first-order valence-electron chi connectivity index (χ1n) is 11.8. The van der Waals surface area contributed by atoms with Gasteiger partial charge in [0.1, 0.15) is 28.6 Å². The lowest BCUT2D eigenvalue weighted by molar-refractivity contribution is 0.0978. The first-order chi connectivity index (χ1) is 18.5. The van der Waals surface area contributed by atoms with Gasteiger partial charge in [0, 0.05) is 11.6 Å². The van der Waals surface area contributed by atoms with Gasteiger partial charge in [-0.15, -0.1) is 0 Å². The summed E-state index contributed by atoms with van der Waals surface area (Å²) in [5.74, 6) is 0.557. The van der Waals surface area contributed by atoms with Gasteiger partial charge in [-0.2, -0.15) is 8.42 Å². The number of nitrogens with zero attached hydrogens (tertiary/aromatic N) is 2. The summed E-state index contributed by atoms with van der Waals surface area (Å²) in [6.45, 7) is 5.72. The van der Waals surface area contributed by atoms with E-state index in [0.29, 0.717) is 28.5 Å². The Labute approximate surface area is 226 Å². The normalized spacial score (nSPS) is 11.1. The predicted molar refractivity (Wildman–Crippen MR) is 147 cm³/mol. The zero-order chi connectivity index (χ0) is 28.3. The summed E-state index contributed by atoms with van der Waals surface area (Å²) >= 11 is 0. The standard InChI is InChI=1S/C28H28N4O6S/c1-16-11-17(2)26(18(3)12-16)38-28-22(27(33)32-39(34,35)25-8-6-7-24(29)31-25)9-10-23(30-28)19-13-20(36-4)15-21(14-19)37-5/h6-15H,1-5H3,(H2,29,31)(H,32,33). The van der Waals surface area contributed by atoms with Gasteiger partial charge in [0.2, 0.25) is 5.88 Å². The highest BCUT2D eigenvalue weighted by Gasteiger charge is 2.25. The van der Waals surface area contributed by atoms with Crippen LogP contribution in [0.15, 0.2) is 65.7 Å². The molecule has 0 saturated heterocycles. The smallest absolute Gasteiger partial charge is 0.281 e. The number of hydrogen-bond donors (Lipinski definition) is 2. The lowest BCUT2D eigenvalue weighted by atomic mass is 10.1. The Morgan fingerprint density at radius 3 is 2.10 bits per heavy atom. The number of carbonyl (C=O) groups is 1. The molecule has 202 valence electrons. The summed E-state index contributed by atoms with van der Waals surface area (Å²) in [4.78, 5) is 21.7. The average Bonchev–Trinajstić information content (AvgIpc) is 2.90. The number of sulfonamides is 1. The molecule has 2 aromatic heterocycles. The van der Waals surface area contributed by atoms with Crippen LogP contribution in [0.2, 0.25) is 0 Å². The summed E-state index contributed by atoms with van der Waals surface area (Å²) in [6, 6.07) is 16.2. The van der Waals surface area contributed by atoms with Gasteiger partial charge in [-0.05, 0) is 68.3 Å². The van der Waals surface area contributed by atoms with Crippen LogP contribution in [0.1, 0.15) is 27.0 Å². The molecule has 39 heavy (non-hydrogen) atoms. The first kappa shape index (κ1) is 27.4. The van der Waals surface area contributed by atoms with E-state index in [2.05, 4.69) is 9.97 Å². The Morgan fingerprint density at radius 1 is 0.872 bits per heavy atom. The third-order valence-electron chi connectivity index (χ3n) is 5.80. The number of benzene rings is 2. The second-order valence-electron chi connectivity index (χ2n) is 8.82. The molecule has 0 spiro atoms. The van der Waals surface area contributed by atoms with Crippen LogP contribution in [0.3, 0.4) is 0 Å². The van der Waals surface area contributed by atoms with Gasteiger partial charge in [-0.1, -0.05) is 23.8 Å². The van der Waals surface area contributed by atoms with E-state index < -0.39 is 21.0 Å². The van der Waals surface area contributed by atoms with Crippen molar-refractivity contribution in [3.05, 3.63) is 82.9 Å². The van der Waals surface area contributed by atoms with E-state index in [9.17, 15) is 13.2 Å². The molecule has 0 bridgehead atoms. The minimum Gasteiger partial charge on any atom is -0.497 e. The van der Waals surface area contributed by atoms with Gasteiger partial charge in [0.05, 0.1) is 19.9 Å². The number of hydrogen-bond acceptors (Lipinski definition) is 9. The minimum atomic E-state index is -4.33. The van der Waals surface area contributed by atoms with Crippen molar-refractivity contribution in [1.29, 1.82) is 0 Å². The van der Waals surface area contributed by atoms with Crippen molar-refractivity contribution >= 4 is 21.7 Å². The number of aromatic nitrogens is 2. The molecule has 0 aliphatic heterocycles. The lowest BCUT2D eigenvalue weighted by Gasteiger charge is -2.16. The van der Waals surface area contributed by atoms with E-state index in [1.807, 2.05) is 37.6 Å². The van der Waals surface area contributed by atoms with Gasteiger partial charge in [0.25, 0.3) is 15.9 Å². The van der Waals surface area contributed by atoms with Gasteiger partial charge in [-0.25, -0.2) is 14.7 Å². The summed E-state index contributed by atoms with van der Waals surface area (Å²) < 4.78 is 44.7. The van der Waals surface area contributed by atoms with Crippen molar-refractivity contribution in [2.24, 2.45) is 0 Å². The molecule has 0 aliphatic rings. The highest BCUT2D eigenvalue weighted by Crippen LogP contribution is 2.34. The summed E-state index contributed by atoms with van der Waals surface area (Å²) in [7, 11) is -1.26. The fourth-order valence-corrected chi connectivity index (χ4v) is 4.98. The first-order valence-corrected chi connectivity index (χ1v) is 13.3. The number of carbonyl (C=O) groups excluding carboxylic acids is 1. The Kier molecular flexibility index (Phi) is 7.73.